The smallest absolute Gasteiger partial charge is 0.272 e. The number of non-ortho nitro benzene ring substituents is 1. The zero-order valence-corrected chi connectivity index (χ0v) is 10.5. The Balaban J connectivity index is 2.08. The Morgan fingerprint density at radius 1 is 1.35 bits per heavy atom. The number of benzene rings is 1. The molecule has 0 spiro atoms. The van der Waals surface area contributed by atoms with Crippen LogP contribution in [0.2, 0.25) is 0 Å². The van der Waals surface area contributed by atoms with Gasteiger partial charge in [0.25, 0.3) is 5.69 Å². The number of rotatable bonds is 5. The number of nitrogens with zero attached hydrogens (tertiary/aromatic N) is 2. The lowest BCUT2D eigenvalue weighted by atomic mass is 10.2. The minimum Gasteiger partial charge on any atom is -0.487 e. The minimum absolute atomic E-state index is 0.0161. The number of aromatic nitrogens is 1. The van der Waals surface area contributed by atoms with Crippen LogP contribution >= 0.6 is 0 Å². The van der Waals surface area contributed by atoms with Crippen LogP contribution in [0.4, 0.5) is 10.1 Å². The highest BCUT2D eigenvalue weighted by molar-refractivity contribution is 5.35. The quantitative estimate of drug-likeness (QED) is 0.668. The van der Waals surface area contributed by atoms with Crippen LogP contribution in [0.1, 0.15) is 11.3 Å². The molecule has 0 fully saturated rings. The van der Waals surface area contributed by atoms with Gasteiger partial charge in [-0.05, 0) is 23.8 Å². The molecule has 0 aliphatic heterocycles. The van der Waals surface area contributed by atoms with Gasteiger partial charge in [-0.15, -0.1) is 0 Å². The predicted molar refractivity (Wildman–Crippen MR) is 69.5 cm³/mol. The number of nitro groups is 1. The average Bonchev–Trinajstić information content (AvgIpc) is 2.45. The van der Waals surface area contributed by atoms with Crippen LogP contribution in [-0.2, 0) is 13.2 Å². The van der Waals surface area contributed by atoms with Gasteiger partial charge in [0.05, 0.1) is 22.9 Å². The molecule has 7 heteroatoms. The van der Waals surface area contributed by atoms with E-state index in [0.717, 1.165) is 11.8 Å². The zero-order chi connectivity index (χ0) is 14.5. The van der Waals surface area contributed by atoms with Gasteiger partial charge in [-0.3, -0.25) is 15.1 Å². The fourth-order valence-corrected chi connectivity index (χ4v) is 1.61. The molecule has 2 rings (SSSR count). The molecule has 0 saturated heterocycles. The Kier molecular flexibility index (Phi) is 4.21. The largest absolute Gasteiger partial charge is 0.487 e. The van der Waals surface area contributed by atoms with E-state index in [1.807, 2.05) is 0 Å². The summed E-state index contributed by atoms with van der Waals surface area (Å²) in [4.78, 5) is 14.0. The molecule has 2 N–H and O–H groups in total. The van der Waals surface area contributed by atoms with Crippen LogP contribution < -0.4 is 10.5 Å². The van der Waals surface area contributed by atoms with Crippen LogP contribution in [0, 0.1) is 15.9 Å². The van der Waals surface area contributed by atoms with Crippen molar-refractivity contribution in [3.8, 4) is 5.75 Å². The molecular formula is C13H12FN3O3. The molecule has 0 saturated carbocycles. The van der Waals surface area contributed by atoms with Gasteiger partial charge >= 0.3 is 0 Å². The standard InChI is InChI=1S/C13H12FN3O3/c14-10-3-9(4-12(5-10)17(18)19)8-20-13-2-1-11(6-15)16-7-13/h1-5,7H,6,8,15H2. The molecule has 20 heavy (non-hydrogen) atoms. The van der Waals surface area contributed by atoms with Crippen molar-refractivity contribution >= 4 is 5.69 Å². The number of hydrogen-bond acceptors (Lipinski definition) is 5. The van der Waals surface area contributed by atoms with Crippen LogP contribution in [0.15, 0.2) is 36.5 Å². The number of halogens is 1. The van der Waals surface area contributed by atoms with Crippen molar-refractivity contribution in [2.24, 2.45) is 5.73 Å². The van der Waals surface area contributed by atoms with Crippen molar-refractivity contribution in [2.75, 3.05) is 0 Å². The number of nitrogens with two attached hydrogens (primary N) is 1. The Hall–Kier alpha value is -2.54. The van der Waals surface area contributed by atoms with Crippen LogP contribution in [0.25, 0.3) is 0 Å². The summed E-state index contributed by atoms with van der Waals surface area (Å²) in [7, 11) is 0. The molecular weight excluding hydrogens is 265 g/mol. The molecule has 0 amide bonds. The second kappa shape index (κ2) is 6.07. The monoisotopic (exact) mass is 277 g/mol. The Labute approximate surface area is 114 Å². The van der Waals surface area contributed by atoms with Crippen LogP contribution in [-0.4, -0.2) is 9.91 Å². The topological polar surface area (TPSA) is 91.3 Å². The van der Waals surface area contributed by atoms with E-state index in [1.54, 1.807) is 12.1 Å². The Morgan fingerprint density at radius 3 is 2.75 bits per heavy atom. The SMILES string of the molecule is NCc1ccc(OCc2cc(F)cc([N+](=O)[O-])c2)cn1. The van der Waals surface area contributed by atoms with Crippen LogP contribution in [0.3, 0.4) is 0 Å². The van der Waals surface area contributed by atoms with Gasteiger partial charge in [0, 0.05) is 12.6 Å². The van der Waals surface area contributed by atoms with Gasteiger partial charge in [0.15, 0.2) is 0 Å². The second-order valence-electron chi connectivity index (χ2n) is 4.05. The highest BCUT2D eigenvalue weighted by Crippen LogP contribution is 2.18. The predicted octanol–water partition coefficient (Wildman–Crippen LogP) is 2.17. The van der Waals surface area contributed by atoms with Crippen molar-refractivity contribution in [1.29, 1.82) is 0 Å². The average molecular weight is 277 g/mol. The third-order valence-electron chi connectivity index (χ3n) is 2.57. The normalized spacial score (nSPS) is 10.3. The maximum atomic E-state index is 13.2. The van der Waals surface area contributed by atoms with Gasteiger partial charge in [0.2, 0.25) is 0 Å². The van der Waals surface area contributed by atoms with Crippen molar-refractivity contribution in [3.05, 3.63) is 63.7 Å². The van der Waals surface area contributed by atoms with Gasteiger partial charge in [-0.2, -0.15) is 0 Å². The third-order valence-corrected chi connectivity index (χ3v) is 2.57. The summed E-state index contributed by atoms with van der Waals surface area (Å²) in [6.45, 7) is 0.346. The lowest BCUT2D eigenvalue weighted by Crippen LogP contribution is -2.01. The van der Waals surface area contributed by atoms with Gasteiger partial charge < -0.3 is 10.5 Å². The van der Waals surface area contributed by atoms with E-state index < -0.39 is 10.7 Å². The fourth-order valence-electron chi connectivity index (χ4n) is 1.61. The lowest BCUT2D eigenvalue weighted by molar-refractivity contribution is -0.385. The summed E-state index contributed by atoms with van der Waals surface area (Å²) in [5.74, 6) is -0.191. The summed E-state index contributed by atoms with van der Waals surface area (Å²) < 4.78 is 18.6. The number of pyridine rings is 1. The molecule has 0 aliphatic carbocycles. The molecule has 0 bridgehead atoms. The van der Waals surface area contributed by atoms with E-state index in [2.05, 4.69) is 4.98 Å². The molecule has 1 heterocycles. The van der Waals surface area contributed by atoms with E-state index in [9.17, 15) is 14.5 Å². The maximum Gasteiger partial charge on any atom is 0.272 e. The van der Waals surface area contributed by atoms with Crippen molar-refractivity contribution < 1.29 is 14.1 Å². The summed E-state index contributed by atoms with van der Waals surface area (Å²) in [6, 6.07) is 6.72. The van der Waals surface area contributed by atoms with Crippen LogP contribution in [0.5, 0.6) is 5.75 Å². The van der Waals surface area contributed by atoms with E-state index in [1.165, 1.54) is 18.3 Å². The molecule has 0 unspecified atom stereocenters. The van der Waals surface area contributed by atoms with Crippen molar-refractivity contribution in [3.63, 3.8) is 0 Å². The zero-order valence-electron chi connectivity index (χ0n) is 10.5. The number of nitro benzene ring substituents is 1. The lowest BCUT2D eigenvalue weighted by Gasteiger charge is -2.06. The van der Waals surface area contributed by atoms with E-state index in [0.29, 0.717) is 17.9 Å². The third kappa shape index (κ3) is 3.48. The highest BCUT2D eigenvalue weighted by Gasteiger charge is 2.10. The van der Waals surface area contributed by atoms with E-state index in [-0.39, 0.29) is 12.3 Å². The second-order valence-corrected chi connectivity index (χ2v) is 4.05. The molecule has 6 nitrogen and oxygen atoms in total. The first-order valence-electron chi connectivity index (χ1n) is 5.80. The molecule has 1 aromatic carbocycles. The number of ether oxygens (including phenoxy) is 1. The van der Waals surface area contributed by atoms with Gasteiger partial charge in [-0.1, -0.05) is 0 Å². The minimum atomic E-state index is -0.672. The first-order chi connectivity index (χ1) is 9.58. The van der Waals surface area contributed by atoms with Crippen molar-refractivity contribution in [1.82, 2.24) is 4.98 Å². The molecule has 2 aromatic rings. The fraction of sp³-hybridized carbons (Fsp3) is 0.154. The van der Waals surface area contributed by atoms with Crippen molar-refractivity contribution in [2.45, 2.75) is 13.2 Å². The summed E-state index contributed by atoms with van der Waals surface area (Å²) >= 11 is 0. The maximum absolute atomic E-state index is 13.2. The van der Waals surface area contributed by atoms with Gasteiger partial charge in [-0.25, -0.2) is 4.39 Å². The van der Waals surface area contributed by atoms with E-state index in [4.69, 9.17) is 10.5 Å². The highest BCUT2D eigenvalue weighted by atomic mass is 19.1. The first-order valence-corrected chi connectivity index (χ1v) is 5.80. The van der Waals surface area contributed by atoms with Gasteiger partial charge in [0.1, 0.15) is 18.2 Å². The summed E-state index contributed by atoms with van der Waals surface area (Å²) in [5, 5.41) is 10.6. The van der Waals surface area contributed by atoms with E-state index >= 15 is 0 Å². The molecule has 0 radical (unpaired) electrons. The summed E-state index contributed by atoms with van der Waals surface area (Å²) in [5.41, 5.74) is 6.21. The summed E-state index contributed by atoms with van der Waals surface area (Å²) in [6.07, 6.45) is 1.50. The molecule has 0 atom stereocenters. The molecule has 1 aromatic heterocycles. The molecule has 104 valence electrons. The Morgan fingerprint density at radius 2 is 2.15 bits per heavy atom. The Bertz CT molecular complexity index is 617. The first kappa shape index (κ1) is 13.9. The number of hydrogen-bond donors (Lipinski definition) is 1. The molecule has 0 aliphatic rings.